The molecule has 0 bridgehead atoms. The lowest BCUT2D eigenvalue weighted by Gasteiger charge is -2.34. The van der Waals surface area contributed by atoms with E-state index in [1.54, 1.807) is 12.1 Å². The Labute approximate surface area is 130 Å². The van der Waals surface area contributed by atoms with Crippen molar-refractivity contribution < 1.29 is 13.9 Å². The van der Waals surface area contributed by atoms with Gasteiger partial charge in [-0.3, -0.25) is 4.79 Å². The number of nitrogens with zero attached hydrogens (tertiary/aromatic N) is 1. The quantitative estimate of drug-likeness (QED) is 0.877. The number of halogens is 1. The molecule has 4 nitrogen and oxygen atoms in total. The highest BCUT2D eigenvalue weighted by Crippen LogP contribution is 2.28. The maximum absolute atomic E-state index is 13.3. The Morgan fingerprint density at radius 1 is 1.36 bits per heavy atom. The summed E-state index contributed by atoms with van der Waals surface area (Å²) in [6.07, 6.45) is 4.41. The summed E-state index contributed by atoms with van der Waals surface area (Å²) in [6, 6.07) is 6.73. The van der Waals surface area contributed by atoms with E-state index in [0.717, 1.165) is 31.6 Å². The Hall–Kier alpha value is -1.62. The molecule has 2 aliphatic rings. The van der Waals surface area contributed by atoms with Gasteiger partial charge in [0.2, 0.25) is 5.91 Å². The third kappa shape index (κ3) is 4.44. The van der Waals surface area contributed by atoms with Crippen molar-refractivity contribution in [3.05, 3.63) is 30.1 Å². The predicted octanol–water partition coefficient (Wildman–Crippen LogP) is 2.34. The second-order valence-electron chi connectivity index (χ2n) is 6.29. The number of piperidine rings is 1. The number of benzene rings is 1. The van der Waals surface area contributed by atoms with Gasteiger partial charge >= 0.3 is 0 Å². The van der Waals surface area contributed by atoms with Crippen molar-refractivity contribution >= 4 is 11.6 Å². The normalized spacial score (nSPS) is 21.7. The van der Waals surface area contributed by atoms with Gasteiger partial charge in [0.15, 0.2) is 0 Å². The summed E-state index contributed by atoms with van der Waals surface area (Å²) < 4.78 is 18.7. The summed E-state index contributed by atoms with van der Waals surface area (Å²) >= 11 is 0. The molecule has 2 fully saturated rings. The molecule has 1 saturated heterocycles. The molecule has 1 saturated carbocycles. The first kappa shape index (κ1) is 15.3. The zero-order valence-corrected chi connectivity index (χ0v) is 12.8. The average molecular weight is 306 g/mol. The standard InChI is InChI=1S/C17H23FN2O2/c18-14-3-1-5-16(9-14)20-8-2-4-15(10-20)19-17(21)12-22-11-13-6-7-13/h1,3,5,9,13,15H,2,4,6-8,10-12H2,(H,19,21)/t15-/m1/s1. The predicted molar refractivity (Wildman–Crippen MR) is 83.3 cm³/mol. The first-order valence-electron chi connectivity index (χ1n) is 8.08. The smallest absolute Gasteiger partial charge is 0.246 e. The van der Waals surface area contributed by atoms with E-state index in [1.165, 1.54) is 18.9 Å². The number of ether oxygens (including phenoxy) is 1. The van der Waals surface area contributed by atoms with Gasteiger partial charge in [0.1, 0.15) is 12.4 Å². The van der Waals surface area contributed by atoms with Crippen LogP contribution in [-0.4, -0.2) is 38.3 Å². The first-order chi connectivity index (χ1) is 10.7. The molecule has 0 spiro atoms. The largest absolute Gasteiger partial charge is 0.371 e. The number of rotatable bonds is 6. The maximum atomic E-state index is 13.3. The van der Waals surface area contributed by atoms with Gasteiger partial charge in [-0.05, 0) is 49.8 Å². The van der Waals surface area contributed by atoms with Crippen molar-refractivity contribution in [3.63, 3.8) is 0 Å². The van der Waals surface area contributed by atoms with E-state index in [9.17, 15) is 9.18 Å². The van der Waals surface area contributed by atoms with Crippen LogP contribution in [0.2, 0.25) is 0 Å². The molecule has 1 atom stereocenters. The molecule has 1 heterocycles. The highest BCUT2D eigenvalue weighted by Gasteiger charge is 2.23. The van der Waals surface area contributed by atoms with E-state index >= 15 is 0 Å². The third-order valence-electron chi connectivity index (χ3n) is 4.24. The number of amides is 1. The third-order valence-corrected chi connectivity index (χ3v) is 4.24. The monoisotopic (exact) mass is 306 g/mol. The van der Waals surface area contributed by atoms with Crippen molar-refractivity contribution in [2.45, 2.75) is 31.7 Å². The van der Waals surface area contributed by atoms with Gasteiger partial charge in [-0.2, -0.15) is 0 Å². The van der Waals surface area contributed by atoms with E-state index in [2.05, 4.69) is 10.2 Å². The summed E-state index contributed by atoms with van der Waals surface area (Å²) in [7, 11) is 0. The van der Waals surface area contributed by atoms with Crippen molar-refractivity contribution in [1.82, 2.24) is 5.32 Å². The molecule has 3 rings (SSSR count). The van der Waals surface area contributed by atoms with E-state index in [1.807, 2.05) is 6.07 Å². The minimum atomic E-state index is -0.225. The zero-order chi connectivity index (χ0) is 15.4. The minimum Gasteiger partial charge on any atom is -0.371 e. The molecular formula is C17H23FN2O2. The Morgan fingerprint density at radius 2 is 2.23 bits per heavy atom. The Bertz CT molecular complexity index is 519. The molecule has 0 radical (unpaired) electrons. The molecule has 1 aromatic carbocycles. The van der Waals surface area contributed by atoms with Gasteiger partial charge in [-0.1, -0.05) is 6.07 Å². The highest BCUT2D eigenvalue weighted by atomic mass is 19.1. The van der Waals surface area contributed by atoms with E-state index < -0.39 is 0 Å². The van der Waals surface area contributed by atoms with Gasteiger partial charge in [0.05, 0.1) is 6.61 Å². The lowest BCUT2D eigenvalue weighted by atomic mass is 10.0. The Balaban J connectivity index is 1.46. The van der Waals surface area contributed by atoms with Crippen LogP contribution in [-0.2, 0) is 9.53 Å². The van der Waals surface area contributed by atoms with Crippen molar-refractivity contribution in [2.75, 3.05) is 31.2 Å². The fourth-order valence-electron chi connectivity index (χ4n) is 2.87. The SMILES string of the molecule is O=C(COCC1CC1)N[C@@H]1CCCN(c2cccc(F)c2)C1. The van der Waals surface area contributed by atoms with Gasteiger partial charge in [0.25, 0.3) is 0 Å². The molecule has 1 amide bonds. The molecule has 22 heavy (non-hydrogen) atoms. The van der Waals surface area contributed by atoms with Gasteiger partial charge in [0, 0.05) is 24.8 Å². The van der Waals surface area contributed by atoms with Crippen LogP contribution in [0.15, 0.2) is 24.3 Å². The molecular weight excluding hydrogens is 283 g/mol. The maximum Gasteiger partial charge on any atom is 0.246 e. The fourth-order valence-corrected chi connectivity index (χ4v) is 2.87. The molecule has 0 unspecified atom stereocenters. The minimum absolute atomic E-state index is 0.0493. The highest BCUT2D eigenvalue weighted by molar-refractivity contribution is 5.77. The summed E-state index contributed by atoms with van der Waals surface area (Å²) in [6.45, 7) is 2.46. The van der Waals surface area contributed by atoms with Crippen molar-refractivity contribution in [2.24, 2.45) is 5.92 Å². The van der Waals surface area contributed by atoms with Crippen LogP contribution in [0.25, 0.3) is 0 Å². The van der Waals surface area contributed by atoms with Crippen LogP contribution in [0.3, 0.4) is 0 Å². The second kappa shape index (κ2) is 7.09. The Morgan fingerprint density at radius 3 is 3.00 bits per heavy atom. The van der Waals surface area contributed by atoms with Crippen LogP contribution in [0.4, 0.5) is 10.1 Å². The van der Waals surface area contributed by atoms with E-state index in [-0.39, 0.29) is 24.4 Å². The summed E-state index contributed by atoms with van der Waals surface area (Å²) in [5.41, 5.74) is 0.879. The van der Waals surface area contributed by atoms with Crippen LogP contribution in [0.1, 0.15) is 25.7 Å². The average Bonchev–Trinajstić information content (AvgIpc) is 3.32. The summed E-state index contributed by atoms with van der Waals surface area (Å²) in [4.78, 5) is 14.0. The second-order valence-corrected chi connectivity index (χ2v) is 6.29. The number of hydrogen-bond donors (Lipinski definition) is 1. The lowest BCUT2D eigenvalue weighted by molar-refractivity contribution is -0.126. The number of carbonyl (C=O) groups is 1. The number of anilines is 1. The Kier molecular flexibility index (Phi) is 4.93. The number of hydrogen-bond acceptors (Lipinski definition) is 3. The molecule has 1 aliphatic carbocycles. The van der Waals surface area contributed by atoms with Gasteiger partial charge < -0.3 is 15.0 Å². The van der Waals surface area contributed by atoms with Crippen LogP contribution in [0.5, 0.6) is 0 Å². The lowest BCUT2D eigenvalue weighted by Crippen LogP contribution is -2.48. The van der Waals surface area contributed by atoms with Crippen molar-refractivity contribution in [1.29, 1.82) is 0 Å². The zero-order valence-electron chi connectivity index (χ0n) is 12.8. The molecule has 1 N–H and O–H groups in total. The fraction of sp³-hybridized carbons (Fsp3) is 0.588. The molecule has 0 aromatic heterocycles. The number of nitrogens with one attached hydrogen (secondary N) is 1. The van der Waals surface area contributed by atoms with E-state index in [0.29, 0.717) is 12.5 Å². The molecule has 5 heteroatoms. The van der Waals surface area contributed by atoms with Crippen LogP contribution < -0.4 is 10.2 Å². The van der Waals surface area contributed by atoms with Gasteiger partial charge in [-0.15, -0.1) is 0 Å². The number of carbonyl (C=O) groups excluding carboxylic acids is 1. The first-order valence-corrected chi connectivity index (χ1v) is 8.08. The van der Waals surface area contributed by atoms with E-state index in [4.69, 9.17) is 4.74 Å². The summed E-state index contributed by atoms with van der Waals surface area (Å²) in [5.74, 6) is 0.398. The van der Waals surface area contributed by atoms with Gasteiger partial charge in [-0.25, -0.2) is 4.39 Å². The summed E-state index contributed by atoms with van der Waals surface area (Å²) in [5, 5.41) is 3.03. The molecule has 1 aromatic rings. The van der Waals surface area contributed by atoms with Crippen molar-refractivity contribution in [3.8, 4) is 0 Å². The van der Waals surface area contributed by atoms with Crippen LogP contribution >= 0.6 is 0 Å². The molecule has 1 aliphatic heterocycles. The topological polar surface area (TPSA) is 41.6 Å². The molecule has 120 valence electrons. The van der Waals surface area contributed by atoms with Crippen LogP contribution in [0, 0.1) is 11.7 Å².